The summed E-state index contributed by atoms with van der Waals surface area (Å²) in [6, 6.07) is 0. The fourth-order valence-electron chi connectivity index (χ4n) is 2.60. The van der Waals surface area contributed by atoms with Crippen LogP contribution in [0.1, 0.15) is 25.7 Å². The summed E-state index contributed by atoms with van der Waals surface area (Å²) in [5.41, 5.74) is 0.238. The molecule has 0 bridgehead atoms. The van der Waals surface area contributed by atoms with Crippen LogP contribution in [0.5, 0.6) is 0 Å². The van der Waals surface area contributed by atoms with Crippen molar-refractivity contribution in [3.8, 4) is 0 Å². The monoisotopic (exact) mass is 196 g/mol. The molecule has 80 valence electrons. The van der Waals surface area contributed by atoms with Crippen molar-refractivity contribution in [2.45, 2.75) is 31.3 Å². The Morgan fingerprint density at radius 2 is 2.36 bits per heavy atom. The quantitative estimate of drug-likeness (QED) is 0.500. The highest BCUT2D eigenvalue weighted by Gasteiger charge is 2.41. The molecule has 0 radical (unpaired) electrons. The number of nitrogens with zero attached hydrogens (tertiary/aromatic N) is 2. The molecule has 0 aliphatic carbocycles. The van der Waals surface area contributed by atoms with Crippen molar-refractivity contribution in [3.05, 3.63) is 0 Å². The lowest BCUT2D eigenvalue weighted by Crippen LogP contribution is -2.32. The zero-order valence-corrected chi connectivity index (χ0v) is 8.87. The molecule has 1 spiro atoms. The Kier molecular flexibility index (Phi) is 3.19. The largest absolute Gasteiger partial charge is 0.374 e. The van der Waals surface area contributed by atoms with Crippen LogP contribution >= 0.6 is 0 Å². The first kappa shape index (κ1) is 10.1. The molecule has 0 N–H and O–H groups in total. The molecule has 3 nitrogen and oxygen atoms in total. The SMILES string of the molecule is C=NCCCN1CCC2(CCCO2)C1. The summed E-state index contributed by atoms with van der Waals surface area (Å²) in [5, 5.41) is 0. The van der Waals surface area contributed by atoms with Gasteiger partial charge in [-0.1, -0.05) is 0 Å². The van der Waals surface area contributed by atoms with E-state index in [2.05, 4.69) is 16.6 Å². The molecule has 2 fully saturated rings. The number of hydrogen-bond donors (Lipinski definition) is 0. The average molecular weight is 196 g/mol. The van der Waals surface area contributed by atoms with E-state index in [1.807, 2.05) is 0 Å². The molecule has 3 heteroatoms. The molecule has 2 rings (SSSR count). The summed E-state index contributed by atoms with van der Waals surface area (Å²) in [6.07, 6.45) is 4.89. The van der Waals surface area contributed by atoms with Crippen molar-refractivity contribution in [2.24, 2.45) is 4.99 Å². The highest BCUT2D eigenvalue weighted by molar-refractivity contribution is 5.23. The number of likely N-dealkylation sites (tertiary alicyclic amines) is 1. The fraction of sp³-hybridized carbons (Fsp3) is 0.909. The van der Waals surface area contributed by atoms with E-state index >= 15 is 0 Å². The van der Waals surface area contributed by atoms with Gasteiger partial charge in [-0.15, -0.1) is 0 Å². The van der Waals surface area contributed by atoms with Crippen molar-refractivity contribution >= 4 is 6.72 Å². The first-order valence-electron chi connectivity index (χ1n) is 5.63. The molecule has 2 aliphatic rings. The van der Waals surface area contributed by atoms with Gasteiger partial charge in [-0.2, -0.15) is 0 Å². The maximum absolute atomic E-state index is 5.86. The van der Waals surface area contributed by atoms with Crippen LogP contribution < -0.4 is 0 Å². The maximum atomic E-state index is 5.86. The van der Waals surface area contributed by atoms with Crippen LogP contribution in [-0.4, -0.2) is 50.0 Å². The third-order valence-corrected chi connectivity index (χ3v) is 3.37. The number of aliphatic imine (C=N–C) groups is 1. The van der Waals surface area contributed by atoms with Crippen LogP contribution in [0.2, 0.25) is 0 Å². The van der Waals surface area contributed by atoms with Crippen LogP contribution in [0.25, 0.3) is 0 Å². The average Bonchev–Trinajstić information content (AvgIpc) is 2.79. The smallest absolute Gasteiger partial charge is 0.0821 e. The van der Waals surface area contributed by atoms with E-state index in [1.165, 1.54) is 25.8 Å². The summed E-state index contributed by atoms with van der Waals surface area (Å²) < 4.78 is 5.86. The Labute approximate surface area is 86.1 Å². The minimum absolute atomic E-state index is 0.238. The summed E-state index contributed by atoms with van der Waals surface area (Å²) in [5.74, 6) is 0. The van der Waals surface area contributed by atoms with Gasteiger partial charge < -0.3 is 14.6 Å². The van der Waals surface area contributed by atoms with Crippen LogP contribution in [0.15, 0.2) is 4.99 Å². The third-order valence-electron chi connectivity index (χ3n) is 3.37. The lowest BCUT2D eigenvalue weighted by molar-refractivity contribution is 0.0128. The fourth-order valence-corrected chi connectivity index (χ4v) is 2.60. The Hall–Kier alpha value is -0.410. The zero-order chi connectivity index (χ0) is 9.86. The summed E-state index contributed by atoms with van der Waals surface area (Å²) in [6.45, 7) is 8.88. The van der Waals surface area contributed by atoms with E-state index in [4.69, 9.17) is 4.74 Å². The summed E-state index contributed by atoms with van der Waals surface area (Å²) >= 11 is 0. The predicted octanol–water partition coefficient (Wildman–Crippen LogP) is 1.33. The maximum Gasteiger partial charge on any atom is 0.0821 e. The Morgan fingerprint density at radius 3 is 3.07 bits per heavy atom. The van der Waals surface area contributed by atoms with Crippen LogP contribution in [-0.2, 0) is 4.74 Å². The second kappa shape index (κ2) is 4.41. The Morgan fingerprint density at radius 1 is 1.43 bits per heavy atom. The first-order valence-corrected chi connectivity index (χ1v) is 5.63. The van der Waals surface area contributed by atoms with Gasteiger partial charge in [-0.3, -0.25) is 0 Å². The van der Waals surface area contributed by atoms with Gasteiger partial charge in [0.1, 0.15) is 0 Å². The minimum Gasteiger partial charge on any atom is -0.374 e. The molecule has 0 aromatic carbocycles. The van der Waals surface area contributed by atoms with E-state index < -0.39 is 0 Å². The van der Waals surface area contributed by atoms with Gasteiger partial charge in [-0.25, -0.2) is 0 Å². The van der Waals surface area contributed by atoms with Crippen LogP contribution in [0, 0.1) is 0 Å². The summed E-state index contributed by atoms with van der Waals surface area (Å²) in [4.78, 5) is 6.39. The molecular formula is C11H20N2O. The van der Waals surface area contributed by atoms with Crippen LogP contribution in [0.3, 0.4) is 0 Å². The third kappa shape index (κ3) is 2.15. The highest BCUT2D eigenvalue weighted by Crippen LogP contribution is 2.34. The normalized spacial score (nSPS) is 32.9. The first-order chi connectivity index (χ1) is 6.85. The van der Waals surface area contributed by atoms with Gasteiger partial charge in [0.25, 0.3) is 0 Å². The molecule has 1 unspecified atom stereocenters. The predicted molar refractivity (Wildman–Crippen MR) is 58.0 cm³/mol. The van der Waals surface area contributed by atoms with Gasteiger partial charge in [0.15, 0.2) is 0 Å². The van der Waals surface area contributed by atoms with Crippen molar-refractivity contribution in [1.82, 2.24) is 4.90 Å². The molecule has 0 saturated carbocycles. The van der Waals surface area contributed by atoms with E-state index in [0.717, 1.165) is 32.7 Å². The van der Waals surface area contributed by atoms with Gasteiger partial charge in [-0.05, 0) is 32.4 Å². The zero-order valence-electron chi connectivity index (χ0n) is 8.87. The molecule has 1 atom stereocenters. The molecule has 0 aromatic heterocycles. The van der Waals surface area contributed by atoms with Gasteiger partial charge in [0, 0.05) is 32.8 Å². The van der Waals surface area contributed by atoms with Crippen molar-refractivity contribution in [1.29, 1.82) is 0 Å². The van der Waals surface area contributed by atoms with Gasteiger partial charge >= 0.3 is 0 Å². The van der Waals surface area contributed by atoms with Gasteiger partial charge in [0.05, 0.1) is 5.60 Å². The standard InChI is InChI=1S/C11H20N2O/c1-12-6-3-7-13-8-5-11(10-13)4-2-9-14-11/h1-10H2. The number of hydrogen-bond acceptors (Lipinski definition) is 3. The summed E-state index contributed by atoms with van der Waals surface area (Å²) in [7, 11) is 0. The second-order valence-corrected chi connectivity index (χ2v) is 4.46. The van der Waals surface area contributed by atoms with Crippen molar-refractivity contribution in [2.75, 3.05) is 32.8 Å². The molecule has 2 saturated heterocycles. The highest BCUT2D eigenvalue weighted by atomic mass is 16.5. The molecule has 0 amide bonds. The van der Waals surface area contributed by atoms with E-state index in [9.17, 15) is 0 Å². The number of rotatable bonds is 4. The van der Waals surface area contributed by atoms with Crippen molar-refractivity contribution < 1.29 is 4.74 Å². The van der Waals surface area contributed by atoms with E-state index in [0.29, 0.717) is 0 Å². The van der Waals surface area contributed by atoms with E-state index in [1.54, 1.807) is 0 Å². The molecule has 2 heterocycles. The van der Waals surface area contributed by atoms with Gasteiger partial charge in [0.2, 0.25) is 0 Å². The minimum atomic E-state index is 0.238. The lowest BCUT2D eigenvalue weighted by atomic mass is 10.00. The van der Waals surface area contributed by atoms with Crippen LogP contribution in [0.4, 0.5) is 0 Å². The lowest BCUT2D eigenvalue weighted by Gasteiger charge is -2.23. The molecule has 14 heavy (non-hydrogen) atoms. The van der Waals surface area contributed by atoms with Crippen molar-refractivity contribution in [3.63, 3.8) is 0 Å². The Balaban J connectivity index is 1.74. The molecule has 0 aromatic rings. The topological polar surface area (TPSA) is 24.8 Å². The Bertz CT molecular complexity index is 199. The molecular weight excluding hydrogens is 176 g/mol. The number of ether oxygens (including phenoxy) is 1. The van der Waals surface area contributed by atoms with E-state index in [-0.39, 0.29) is 5.60 Å². The second-order valence-electron chi connectivity index (χ2n) is 4.46. The molecule has 2 aliphatic heterocycles.